The van der Waals surface area contributed by atoms with Gasteiger partial charge in [-0.2, -0.15) is 0 Å². The quantitative estimate of drug-likeness (QED) is 0.693. The number of hydrogen-bond donors (Lipinski definition) is 1. The number of ether oxygens (including phenoxy) is 1. The zero-order valence-electron chi connectivity index (χ0n) is 15.9. The van der Waals surface area contributed by atoms with E-state index in [1.165, 1.54) is 4.90 Å². The summed E-state index contributed by atoms with van der Waals surface area (Å²) in [6.45, 7) is 1.39. The smallest absolute Gasteiger partial charge is 0.338 e. The number of esters is 1. The topological polar surface area (TPSA) is 75.7 Å². The molecular weight excluding hydrogens is 368 g/mol. The van der Waals surface area contributed by atoms with Crippen LogP contribution in [0.4, 0.5) is 11.4 Å². The Morgan fingerprint density at radius 3 is 2.59 bits per heavy atom. The van der Waals surface area contributed by atoms with Gasteiger partial charge in [-0.3, -0.25) is 9.59 Å². The second-order valence-electron chi connectivity index (χ2n) is 7.02. The van der Waals surface area contributed by atoms with E-state index >= 15 is 0 Å². The van der Waals surface area contributed by atoms with Gasteiger partial charge in [-0.1, -0.05) is 42.5 Å². The van der Waals surface area contributed by atoms with Gasteiger partial charge in [0.2, 0.25) is 5.91 Å². The molecular formula is C23H20N2O4. The van der Waals surface area contributed by atoms with E-state index in [0.717, 1.165) is 10.8 Å². The van der Waals surface area contributed by atoms with Crippen molar-refractivity contribution in [1.82, 2.24) is 0 Å². The van der Waals surface area contributed by atoms with Gasteiger partial charge in [-0.15, -0.1) is 0 Å². The zero-order chi connectivity index (χ0) is 20.4. The molecule has 1 aliphatic rings. The molecule has 6 nitrogen and oxygen atoms in total. The zero-order valence-corrected chi connectivity index (χ0v) is 15.9. The molecule has 1 N–H and O–H groups in total. The molecule has 4 rings (SSSR count). The van der Waals surface area contributed by atoms with Crippen LogP contribution < -0.4 is 10.2 Å². The average molecular weight is 388 g/mol. The van der Waals surface area contributed by atoms with Crippen molar-refractivity contribution >= 4 is 39.9 Å². The Morgan fingerprint density at radius 2 is 1.76 bits per heavy atom. The molecule has 1 heterocycles. The summed E-state index contributed by atoms with van der Waals surface area (Å²) in [6, 6.07) is 19.7. The molecule has 0 aromatic heterocycles. The van der Waals surface area contributed by atoms with Crippen molar-refractivity contribution in [1.29, 1.82) is 0 Å². The van der Waals surface area contributed by atoms with Gasteiger partial charge in [0.15, 0.2) is 6.61 Å². The van der Waals surface area contributed by atoms with Crippen molar-refractivity contribution in [3.8, 4) is 0 Å². The average Bonchev–Trinajstić information content (AvgIpc) is 2.85. The molecule has 1 atom stereocenters. The molecule has 29 heavy (non-hydrogen) atoms. The fourth-order valence-corrected chi connectivity index (χ4v) is 3.56. The summed E-state index contributed by atoms with van der Waals surface area (Å²) in [7, 11) is 0. The van der Waals surface area contributed by atoms with Gasteiger partial charge in [0.05, 0.1) is 16.9 Å². The highest BCUT2D eigenvalue weighted by atomic mass is 16.5. The van der Waals surface area contributed by atoms with E-state index in [9.17, 15) is 14.4 Å². The van der Waals surface area contributed by atoms with Crippen LogP contribution in [0.15, 0.2) is 66.7 Å². The summed E-state index contributed by atoms with van der Waals surface area (Å²) < 4.78 is 5.29. The van der Waals surface area contributed by atoms with Crippen LogP contribution in [0.3, 0.4) is 0 Å². The number of nitrogens with zero attached hydrogens (tertiary/aromatic N) is 1. The van der Waals surface area contributed by atoms with Crippen molar-refractivity contribution in [2.24, 2.45) is 0 Å². The Morgan fingerprint density at radius 1 is 1.03 bits per heavy atom. The van der Waals surface area contributed by atoms with Crippen LogP contribution >= 0.6 is 0 Å². The van der Waals surface area contributed by atoms with Crippen molar-refractivity contribution < 1.29 is 19.1 Å². The maximum atomic E-state index is 12.9. The minimum atomic E-state index is -0.561. The number of benzene rings is 3. The van der Waals surface area contributed by atoms with E-state index in [-0.39, 0.29) is 24.3 Å². The number of carbonyl (C=O) groups is 3. The fraction of sp³-hybridized carbons (Fsp3) is 0.174. The Bertz CT molecular complexity index is 1110. The predicted octanol–water partition coefficient (Wildman–Crippen LogP) is 3.76. The van der Waals surface area contributed by atoms with Crippen LogP contribution in [0.1, 0.15) is 23.7 Å². The number of hydrogen-bond acceptors (Lipinski definition) is 4. The van der Waals surface area contributed by atoms with Crippen LogP contribution in [-0.4, -0.2) is 30.4 Å². The molecule has 0 unspecified atom stereocenters. The predicted molar refractivity (Wildman–Crippen MR) is 111 cm³/mol. The Kier molecular flexibility index (Phi) is 4.99. The Balaban J connectivity index is 1.51. The molecule has 3 aromatic rings. The molecule has 0 fully saturated rings. The van der Waals surface area contributed by atoms with E-state index < -0.39 is 12.6 Å². The number of anilines is 2. The molecule has 0 aliphatic carbocycles. The van der Waals surface area contributed by atoms with Crippen molar-refractivity contribution in [3.05, 3.63) is 72.3 Å². The maximum Gasteiger partial charge on any atom is 0.338 e. The molecule has 0 saturated heterocycles. The van der Waals surface area contributed by atoms with E-state index in [0.29, 0.717) is 16.9 Å². The van der Waals surface area contributed by atoms with E-state index in [4.69, 9.17) is 4.74 Å². The summed E-state index contributed by atoms with van der Waals surface area (Å²) in [5, 5.41) is 4.75. The van der Waals surface area contributed by atoms with Crippen LogP contribution in [0.25, 0.3) is 10.8 Å². The van der Waals surface area contributed by atoms with Gasteiger partial charge >= 0.3 is 5.97 Å². The monoisotopic (exact) mass is 388 g/mol. The van der Waals surface area contributed by atoms with Crippen molar-refractivity contribution in [3.63, 3.8) is 0 Å². The first-order valence-corrected chi connectivity index (χ1v) is 9.40. The molecule has 2 amide bonds. The van der Waals surface area contributed by atoms with Crippen molar-refractivity contribution in [2.75, 3.05) is 16.8 Å². The number of rotatable bonds is 3. The summed E-state index contributed by atoms with van der Waals surface area (Å²) in [4.78, 5) is 38.9. The standard InChI is InChI=1S/C23H20N2O4/c1-15-12-21(26)24-19-8-4-5-9-20(19)25(15)22(27)14-29-23(28)18-11-10-16-6-2-3-7-17(16)13-18/h2-11,13,15H,12,14H2,1H3,(H,24,26)/t15-/m0/s1. The summed E-state index contributed by atoms with van der Waals surface area (Å²) in [5.41, 5.74) is 1.55. The van der Waals surface area contributed by atoms with Crippen molar-refractivity contribution in [2.45, 2.75) is 19.4 Å². The summed E-state index contributed by atoms with van der Waals surface area (Å²) in [5.74, 6) is -1.10. The summed E-state index contributed by atoms with van der Waals surface area (Å²) >= 11 is 0. The lowest BCUT2D eigenvalue weighted by Gasteiger charge is -2.27. The highest BCUT2D eigenvalue weighted by Gasteiger charge is 2.30. The minimum absolute atomic E-state index is 0.159. The molecule has 0 radical (unpaired) electrons. The van der Waals surface area contributed by atoms with Crippen LogP contribution in [-0.2, 0) is 14.3 Å². The molecule has 6 heteroatoms. The number of nitrogens with one attached hydrogen (secondary N) is 1. The fourth-order valence-electron chi connectivity index (χ4n) is 3.56. The first-order chi connectivity index (χ1) is 14.0. The Labute approximate surface area is 168 Å². The van der Waals surface area contributed by atoms with Gasteiger partial charge in [-0.05, 0) is 42.0 Å². The van der Waals surface area contributed by atoms with E-state index in [2.05, 4.69) is 5.32 Å². The molecule has 1 aliphatic heterocycles. The largest absolute Gasteiger partial charge is 0.452 e. The van der Waals surface area contributed by atoms with Crippen LogP contribution in [0.2, 0.25) is 0 Å². The van der Waals surface area contributed by atoms with E-state index in [1.807, 2.05) is 30.3 Å². The SMILES string of the molecule is C[C@H]1CC(=O)Nc2ccccc2N1C(=O)COC(=O)c1ccc2ccccc2c1. The molecule has 0 bridgehead atoms. The maximum absolute atomic E-state index is 12.9. The third-order valence-electron chi connectivity index (χ3n) is 4.94. The third kappa shape index (κ3) is 3.82. The first-order valence-electron chi connectivity index (χ1n) is 9.40. The third-order valence-corrected chi connectivity index (χ3v) is 4.94. The van der Waals surface area contributed by atoms with E-state index in [1.54, 1.807) is 43.3 Å². The van der Waals surface area contributed by atoms with Crippen LogP contribution in [0.5, 0.6) is 0 Å². The number of carbonyl (C=O) groups excluding carboxylic acids is 3. The second-order valence-corrected chi connectivity index (χ2v) is 7.02. The number of amides is 2. The molecule has 0 spiro atoms. The van der Waals surface area contributed by atoms with Gasteiger partial charge in [-0.25, -0.2) is 4.79 Å². The first kappa shape index (κ1) is 18.7. The minimum Gasteiger partial charge on any atom is -0.452 e. The Hall–Kier alpha value is -3.67. The van der Waals surface area contributed by atoms with Crippen LogP contribution in [0, 0.1) is 0 Å². The molecule has 3 aromatic carbocycles. The lowest BCUT2D eigenvalue weighted by Crippen LogP contribution is -2.41. The van der Waals surface area contributed by atoms with Gasteiger partial charge in [0.25, 0.3) is 5.91 Å². The van der Waals surface area contributed by atoms with Gasteiger partial charge in [0, 0.05) is 12.5 Å². The number of fused-ring (bicyclic) bond motifs is 2. The van der Waals surface area contributed by atoms with Gasteiger partial charge < -0.3 is 15.0 Å². The normalized spacial score (nSPS) is 16.0. The lowest BCUT2D eigenvalue weighted by molar-refractivity contribution is -0.122. The second kappa shape index (κ2) is 7.75. The van der Waals surface area contributed by atoms with Gasteiger partial charge in [0.1, 0.15) is 0 Å². The molecule has 0 saturated carbocycles. The lowest BCUT2D eigenvalue weighted by atomic mass is 10.1. The molecule has 146 valence electrons. The number of para-hydroxylation sites is 2. The highest BCUT2D eigenvalue weighted by molar-refractivity contribution is 6.05. The summed E-state index contributed by atoms with van der Waals surface area (Å²) in [6.07, 6.45) is 0.166. The highest BCUT2D eigenvalue weighted by Crippen LogP contribution is 2.31.